The maximum Gasteiger partial charge on any atom is 0.416 e. The number of fused-ring (bicyclic) bond motifs is 6. The van der Waals surface area contributed by atoms with Crippen molar-refractivity contribution in [3.05, 3.63) is 92.1 Å². The van der Waals surface area contributed by atoms with Crippen molar-refractivity contribution >= 4 is 11.1 Å². The smallest absolute Gasteiger partial charge is 0.192 e. The van der Waals surface area contributed by atoms with Crippen LogP contribution in [0, 0.1) is 59.2 Å². The van der Waals surface area contributed by atoms with Crippen LogP contribution in [0.1, 0.15) is 44.5 Å². The quantitative estimate of drug-likeness (QED) is 0.146. The lowest BCUT2D eigenvalue weighted by molar-refractivity contribution is -0.138. The van der Waals surface area contributed by atoms with Crippen LogP contribution in [-0.2, 0) is 12.4 Å². The summed E-state index contributed by atoms with van der Waals surface area (Å²) < 4.78 is 81.8. The molecule has 3 aromatic rings. The van der Waals surface area contributed by atoms with Crippen molar-refractivity contribution in [2.24, 2.45) is 0 Å². The molecule has 0 aromatic heterocycles. The third-order valence-corrected chi connectivity index (χ3v) is 7.22. The Bertz CT molecular complexity index is 1750. The fourth-order valence-corrected chi connectivity index (χ4v) is 5.65. The van der Waals surface area contributed by atoms with Crippen molar-refractivity contribution < 1.29 is 26.3 Å². The summed E-state index contributed by atoms with van der Waals surface area (Å²) >= 11 is 0. The molecule has 0 spiro atoms. The SMILES string of the molecule is Cc1c2c(c(C)c3c1-c1ccc(C(F)(F)F)cc1C3=C(C#N)C#N)-c1ccc(C(F)(F)F)cc1C2=C(C#N)C#N. The number of halogens is 6. The van der Waals surface area contributed by atoms with E-state index in [9.17, 15) is 47.4 Å². The van der Waals surface area contributed by atoms with E-state index in [0.717, 1.165) is 24.3 Å². The van der Waals surface area contributed by atoms with E-state index in [-0.39, 0.29) is 33.4 Å². The van der Waals surface area contributed by atoms with E-state index in [1.807, 2.05) is 0 Å². The van der Waals surface area contributed by atoms with Gasteiger partial charge in [-0.25, -0.2) is 0 Å². The van der Waals surface area contributed by atoms with Gasteiger partial charge in [-0.1, -0.05) is 12.1 Å². The van der Waals surface area contributed by atoms with Crippen LogP contribution in [0.15, 0.2) is 47.5 Å². The fourth-order valence-electron chi connectivity index (χ4n) is 5.65. The third-order valence-electron chi connectivity index (χ3n) is 7.22. The highest BCUT2D eigenvalue weighted by atomic mass is 19.4. The summed E-state index contributed by atoms with van der Waals surface area (Å²) in [4.78, 5) is 0. The molecule has 2 aliphatic rings. The van der Waals surface area contributed by atoms with Gasteiger partial charge in [-0.2, -0.15) is 47.4 Å². The molecule has 0 unspecified atom stereocenters. The van der Waals surface area contributed by atoms with Crippen LogP contribution >= 0.6 is 0 Å². The summed E-state index contributed by atoms with van der Waals surface area (Å²) in [6.45, 7) is 3.17. The van der Waals surface area contributed by atoms with Crippen molar-refractivity contribution in [3.8, 4) is 46.5 Å². The van der Waals surface area contributed by atoms with Gasteiger partial charge >= 0.3 is 12.4 Å². The van der Waals surface area contributed by atoms with Crippen molar-refractivity contribution in [1.82, 2.24) is 0 Å². The van der Waals surface area contributed by atoms with Gasteiger partial charge in [0, 0.05) is 11.1 Å². The number of allylic oxidation sites excluding steroid dienone is 2. The van der Waals surface area contributed by atoms with Crippen LogP contribution in [0.5, 0.6) is 0 Å². The van der Waals surface area contributed by atoms with Crippen LogP contribution in [0.3, 0.4) is 0 Å². The van der Waals surface area contributed by atoms with Gasteiger partial charge in [0.05, 0.1) is 11.1 Å². The van der Waals surface area contributed by atoms with Gasteiger partial charge in [0.1, 0.15) is 35.4 Å². The molecule has 10 heteroatoms. The lowest BCUT2D eigenvalue weighted by Gasteiger charge is -2.17. The number of benzene rings is 3. The second-order valence-corrected chi connectivity index (χ2v) is 9.21. The Labute approximate surface area is 223 Å². The number of hydrogen-bond donors (Lipinski definition) is 0. The molecule has 40 heavy (non-hydrogen) atoms. The molecular formula is C30H12F6N4. The van der Waals surface area contributed by atoms with Gasteiger partial charge in [-0.3, -0.25) is 0 Å². The first kappa shape index (κ1) is 26.3. The minimum atomic E-state index is -4.71. The maximum atomic E-state index is 13.6. The van der Waals surface area contributed by atoms with E-state index in [2.05, 4.69) is 0 Å². The lowest BCUT2D eigenvalue weighted by Crippen LogP contribution is -2.05. The van der Waals surface area contributed by atoms with Crippen molar-refractivity contribution in [1.29, 1.82) is 21.0 Å². The summed E-state index contributed by atoms with van der Waals surface area (Å²) in [7, 11) is 0. The molecule has 0 heterocycles. The average molecular weight is 542 g/mol. The van der Waals surface area contributed by atoms with E-state index < -0.39 is 34.6 Å². The van der Waals surface area contributed by atoms with E-state index in [4.69, 9.17) is 0 Å². The molecule has 3 aromatic carbocycles. The second kappa shape index (κ2) is 8.60. The van der Waals surface area contributed by atoms with Crippen LogP contribution in [0.4, 0.5) is 26.3 Å². The lowest BCUT2D eigenvalue weighted by atomic mass is 9.84. The summed E-state index contributed by atoms with van der Waals surface area (Å²) in [6.07, 6.45) is -9.42. The molecule has 0 N–H and O–H groups in total. The summed E-state index contributed by atoms with van der Waals surface area (Å²) in [5.74, 6) is 0. The van der Waals surface area contributed by atoms with Crippen LogP contribution < -0.4 is 0 Å². The summed E-state index contributed by atoms with van der Waals surface area (Å²) in [5.41, 5.74) is -0.196. The topological polar surface area (TPSA) is 95.2 Å². The predicted octanol–water partition coefficient (Wildman–Crippen LogP) is 8.00. The molecule has 5 rings (SSSR count). The molecule has 0 amide bonds. The van der Waals surface area contributed by atoms with Crippen LogP contribution in [-0.4, -0.2) is 0 Å². The number of rotatable bonds is 0. The van der Waals surface area contributed by atoms with Crippen molar-refractivity contribution in [2.45, 2.75) is 26.2 Å². The second-order valence-electron chi connectivity index (χ2n) is 9.21. The summed E-state index contributed by atoms with van der Waals surface area (Å²) in [5, 5.41) is 38.9. The zero-order valence-corrected chi connectivity index (χ0v) is 20.5. The summed E-state index contributed by atoms with van der Waals surface area (Å²) in [6, 6.07) is 12.9. The molecule has 2 aliphatic carbocycles. The van der Waals surface area contributed by atoms with Crippen molar-refractivity contribution in [2.75, 3.05) is 0 Å². The van der Waals surface area contributed by atoms with Crippen molar-refractivity contribution in [3.63, 3.8) is 0 Å². The molecule has 0 radical (unpaired) electrons. The first-order valence-electron chi connectivity index (χ1n) is 11.5. The highest BCUT2D eigenvalue weighted by Crippen LogP contribution is 2.58. The molecule has 0 saturated heterocycles. The molecule has 4 nitrogen and oxygen atoms in total. The normalized spacial score (nSPS) is 12.8. The Morgan fingerprint density at radius 1 is 0.525 bits per heavy atom. The fraction of sp³-hybridized carbons (Fsp3) is 0.133. The standard InChI is InChI=1S/C30H12F6N4/c1-13-23-19-5-3-17(29(31,32)33)7-21(19)28(16(11-39)12-40)26(23)14(2)24-20-6-4-18(30(34,35)36)8-22(20)27(25(13)24)15(9-37)10-38/h3-8H,1-2H3. The Hall–Kier alpha value is -5.32. The molecule has 0 aliphatic heterocycles. The van der Waals surface area contributed by atoms with Gasteiger partial charge in [-0.15, -0.1) is 0 Å². The molecule has 0 atom stereocenters. The zero-order valence-electron chi connectivity index (χ0n) is 20.5. The highest BCUT2D eigenvalue weighted by molar-refractivity contribution is 6.14. The van der Waals surface area contributed by atoms with Gasteiger partial charge in [0.2, 0.25) is 0 Å². The molecule has 0 bridgehead atoms. The molecule has 0 saturated carbocycles. The first-order valence-corrected chi connectivity index (χ1v) is 11.5. The van der Waals surface area contributed by atoms with E-state index in [1.54, 1.807) is 38.1 Å². The van der Waals surface area contributed by atoms with Gasteiger partial charge in [-0.05, 0) is 93.7 Å². The van der Waals surface area contributed by atoms with Gasteiger partial charge in [0.25, 0.3) is 0 Å². The number of alkyl halides is 6. The number of nitrogens with zero attached hydrogens (tertiary/aromatic N) is 4. The van der Waals surface area contributed by atoms with Gasteiger partial charge in [0.15, 0.2) is 0 Å². The molecular weight excluding hydrogens is 530 g/mol. The Balaban J connectivity index is 1.99. The Morgan fingerprint density at radius 3 is 1.12 bits per heavy atom. The first-order chi connectivity index (χ1) is 18.8. The van der Waals surface area contributed by atoms with E-state index >= 15 is 0 Å². The molecule has 0 fully saturated rings. The number of hydrogen-bond acceptors (Lipinski definition) is 4. The largest absolute Gasteiger partial charge is 0.416 e. The van der Waals surface area contributed by atoms with Gasteiger partial charge < -0.3 is 0 Å². The average Bonchev–Trinajstić information content (AvgIpc) is 3.42. The maximum absolute atomic E-state index is 13.6. The monoisotopic (exact) mass is 542 g/mol. The third kappa shape index (κ3) is 3.51. The highest BCUT2D eigenvalue weighted by Gasteiger charge is 2.41. The Morgan fingerprint density at radius 2 is 0.850 bits per heavy atom. The predicted molar refractivity (Wildman–Crippen MR) is 131 cm³/mol. The van der Waals surface area contributed by atoms with Crippen LogP contribution in [0.2, 0.25) is 0 Å². The number of nitriles is 4. The Kier molecular flexibility index (Phi) is 5.65. The van der Waals surface area contributed by atoms with Crippen LogP contribution in [0.25, 0.3) is 33.4 Å². The molecule has 194 valence electrons. The van der Waals surface area contributed by atoms with E-state index in [0.29, 0.717) is 33.4 Å². The minimum absolute atomic E-state index is 0.0109. The minimum Gasteiger partial charge on any atom is -0.192 e. The zero-order chi connectivity index (χ0) is 29.3. The van der Waals surface area contributed by atoms with E-state index in [1.165, 1.54) is 12.1 Å².